The number of benzene rings is 1. The molecular formula is C17H21FN2O2S. The topological polar surface area (TPSA) is 75.3 Å². The van der Waals surface area contributed by atoms with Gasteiger partial charge in [-0.25, -0.2) is 4.39 Å². The number of rotatable bonds is 8. The summed E-state index contributed by atoms with van der Waals surface area (Å²) in [4.78, 5) is 11.8. The van der Waals surface area contributed by atoms with Gasteiger partial charge in [0, 0.05) is 22.8 Å². The molecule has 23 heavy (non-hydrogen) atoms. The number of aryl methyl sites for hydroxylation is 1. The maximum Gasteiger partial charge on any atom is 0.249 e. The predicted molar refractivity (Wildman–Crippen MR) is 90.0 cm³/mol. The first kappa shape index (κ1) is 17.6. The molecule has 4 nitrogen and oxygen atoms in total. The molecule has 0 aliphatic rings. The van der Waals surface area contributed by atoms with Gasteiger partial charge in [0.2, 0.25) is 5.91 Å². The monoisotopic (exact) mass is 336 g/mol. The molecule has 2 aromatic rings. The first-order valence-electron chi connectivity index (χ1n) is 7.50. The fourth-order valence-corrected chi connectivity index (χ4v) is 3.09. The number of primary amides is 1. The number of thiophene rings is 1. The Labute approximate surface area is 139 Å². The molecule has 0 aliphatic heterocycles. The van der Waals surface area contributed by atoms with Gasteiger partial charge in [-0.15, -0.1) is 11.3 Å². The summed E-state index contributed by atoms with van der Waals surface area (Å²) in [6.45, 7) is 2.45. The summed E-state index contributed by atoms with van der Waals surface area (Å²) < 4.78 is 12.8. The molecule has 1 aromatic heterocycles. The zero-order chi connectivity index (χ0) is 16.8. The fraction of sp³-hybridized carbons (Fsp3) is 0.353. The van der Waals surface area contributed by atoms with Crippen molar-refractivity contribution < 1.29 is 14.3 Å². The molecule has 0 radical (unpaired) electrons. The summed E-state index contributed by atoms with van der Waals surface area (Å²) in [7, 11) is 0. The fourth-order valence-electron chi connectivity index (χ4n) is 2.21. The van der Waals surface area contributed by atoms with Gasteiger partial charge in [-0.05, 0) is 43.5 Å². The van der Waals surface area contributed by atoms with Gasteiger partial charge in [0.1, 0.15) is 11.9 Å². The predicted octanol–water partition coefficient (Wildman–Crippen LogP) is 2.63. The molecule has 1 aromatic carbocycles. The Kier molecular flexibility index (Phi) is 6.27. The van der Waals surface area contributed by atoms with E-state index >= 15 is 0 Å². The van der Waals surface area contributed by atoms with Crippen molar-refractivity contribution in [2.75, 3.05) is 6.54 Å². The minimum Gasteiger partial charge on any atom is -0.386 e. The van der Waals surface area contributed by atoms with E-state index in [0.29, 0.717) is 12.1 Å². The molecule has 0 saturated carbocycles. The minimum absolute atomic E-state index is 0.213. The quantitative estimate of drug-likeness (QED) is 0.694. The summed E-state index contributed by atoms with van der Waals surface area (Å²) in [5.41, 5.74) is 6.71. The van der Waals surface area contributed by atoms with Gasteiger partial charge >= 0.3 is 0 Å². The molecule has 1 amide bonds. The molecule has 0 spiro atoms. The Bertz CT molecular complexity index is 642. The Balaban J connectivity index is 1.75. The van der Waals surface area contributed by atoms with Crippen LogP contribution in [0, 0.1) is 5.82 Å². The third-order valence-corrected chi connectivity index (χ3v) is 4.71. The Morgan fingerprint density at radius 3 is 2.70 bits per heavy atom. The van der Waals surface area contributed by atoms with E-state index in [1.165, 1.54) is 23.5 Å². The molecule has 2 atom stereocenters. The Hall–Kier alpha value is -1.76. The van der Waals surface area contributed by atoms with E-state index in [9.17, 15) is 14.3 Å². The lowest BCUT2D eigenvalue weighted by atomic mass is 10.1. The molecule has 2 rings (SSSR count). The maximum absolute atomic E-state index is 12.8. The van der Waals surface area contributed by atoms with Crippen molar-refractivity contribution >= 4 is 17.2 Å². The van der Waals surface area contributed by atoms with Crippen LogP contribution in [0.5, 0.6) is 0 Å². The molecule has 1 heterocycles. The highest BCUT2D eigenvalue weighted by molar-refractivity contribution is 7.10. The van der Waals surface area contributed by atoms with Gasteiger partial charge in [-0.2, -0.15) is 0 Å². The van der Waals surface area contributed by atoms with E-state index in [4.69, 9.17) is 5.73 Å². The van der Waals surface area contributed by atoms with E-state index in [0.717, 1.165) is 23.3 Å². The van der Waals surface area contributed by atoms with Crippen molar-refractivity contribution in [3.05, 3.63) is 57.5 Å². The molecule has 2 unspecified atom stereocenters. The van der Waals surface area contributed by atoms with Gasteiger partial charge in [-0.3, -0.25) is 4.79 Å². The van der Waals surface area contributed by atoms with E-state index in [-0.39, 0.29) is 11.9 Å². The lowest BCUT2D eigenvalue weighted by molar-refractivity contribution is 0.100. The normalized spacial score (nSPS) is 13.7. The highest BCUT2D eigenvalue weighted by Gasteiger charge is 2.13. The van der Waals surface area contributed by atoms with Crippen LogP contribution in [0.25, 0.3) is 0 Å². The number of halogens is 1. The number of hydrogen-bond acceptors (Lipinski definition) is 4. The number of aliphatic hydroxyl groups excluding tert-OH is 1. The molecule has 0 bridgehead atoms. The Morgan fingerprint density at radius 2 is 2.09 bits per heavy atom. The van der Waals surface area contributed by atoms with Gasteiger partial charge in [0.25, 0.3) is 0 Å². The summed E-state index contributed by atoms with van der Waals surface area (Å²) in [6, 6.07) is 8.34. The molecule has 124 valence electrons. The van der Waals surface area contributed by atoms with Crippen LogP contribution in [0.3, 0.4) is 0 Å². The molecule has 4 N–H and O–H groups in total. The van der Waals surface area contributed by atoms with Gasteiger partial charge in [-0.1, -0.05) is 12.1 Å². The number of amides is 1. The largest absolute Gasteiger partial charge is 0.386 e. The summed E-state index contributed by atoms with van der Waals surface area (Å²) in [5, 5.41) is 15.1. The molecule has 0 aliphatic carbocycles. The SMILES string of the molecule is CC(CCc1ccc(F)cc1)NCC(O)c1cc(C(N)=O)cs1. The maximum atomic E-state index is 12.8. The van der Waals surface area contributed by atoms with Crippen molar-refractivity contribution in [3.8, 4) is 0 Å². The average Bonchev–Trinajstić information content (AvgIpc) is 3.02. The Morgan fingerprint density at radius 1 is 1.39 bits per heavy atom. The average molecular weight is 336 g/mol. The molecule has 6 heteroatoms. The van der Waals surface area contributed by atoms with Crippen LogP contribution < -0.4 is 11.1 Å². The minimum atomic E-state index is -0.665. The summed E-state index contributed by atoms with van der Waals surface area (Å²) in [5.74, 6) is -0.713. The van der Waals surface area contributed by atoms with Crippen LogP contribution in [-0.4, -0.2) is 23.6 Å². The van der Waals surface area contributed by atoms with Crippen molar-refractivity contribution in [3.63, 3.8) is 0 Å². The van der Waals surface area contributed by atoms with Crippen molar-refractivity contribution in [2.45, 2.75) is 31.9 Å². The van der Waals surface area contributed by atoms with Gasteiger partial charge in [0.05, 0.1) is 5.56 Å². The number of aliphatic hydroxyl groups is 1. The van der Waals surface area contributed by atoms with Crippen molar-refractivity contribution in [1.29, 1.82) is 0 Å². The third-order valence-electron chi connectivity index (χ3n) is 3.67. The number of carbonyl (C=O) groups excluding carboxylic acids is 1. The third kappa shape index (κ3) is 5.42. The lowest BCUT2D eigenvalue weighted by Crippen LogP contribution is -2.30. The summed E-state index contributed by atoms with van der Waals surface area (Å²) in [6.07, 6.45) is 1.06. The first-order valence-corrected chi connectivity index (χ1v) is 8.38. The van der Waals surface area contributed by atoms with Crippen LogP contribution in [0.4, 0.5) is 4.39 Å². The van der Waals surface area contributed by atoms with Crippen LogP contribution in [0.2, 0.25) is 0 Å². The van der Waals surface area contributed by atoms with Crippen molar-refractivity contribution in [1.82, 2.24) is 5.32 Å². The smallest absolute Gasteiger partial charge is 0.249 e. The van der Waals surface area contributed by atoms with Crippen LogP contribution >= 0.6 is 11.3 Å². The van der Waals surface area contributed by atoms with E-state index in [2.05, 4.69) is 5.32 Å². The number of hydrogen-bond donors (Lipinski definition) is 3. The highest BCUT2D eigenvalue weighted by Crippen LogP contribution is 2.21. The number of nitrogens with one attached hydrogen (secondary N) is 1. The van der Waals surface area contributed by atoms with Crippen LogP contribution in [0.15, 0.2) is 35.7 Å². The second kappa shape index (κ2) is 8.19. The van der Waals surface area contributed by atoms with Crippen LogP contribution in [0.1, 0.15) is 40.2 Å². The lowest BCUT2D eigenvalue weighted by Gasteiger charge is -2.16. The molecule has 0 fully saturated rings. The summed E-state index contributed by atoms with van der Waals surface area (Å²) >= 11 is 1.32. The van der Waals surface area contributed by atoms with E-state index < -0.39 is 12.0 Å². The highest BCUT2D eigenvalue weighted by atomic mass is 32.1. The standard InChI is InChI=1S/C17H21FN2O2S/c1-11(2-3-12-4-6-14(18)7-5-12)20-9-15(21)16-8-13(10-23-16)17(19)22/h4-8,10-11,15,20-21H,2-3,9H2,1H3,(H2,19,22). The molecule has 0 saturated heterocycles. The van der Waals surface area contributed by atoms with E-state index in [1.54, 1.807) is 23.6 Å². The van der Waals surface area contributed by atoms with Gasteiger partial charge in [0.15, 0.2) is 0 Å². The van der Waals surface area contributed by atoms with Crippen LogP contribution in [-0.2, 0) is 6.42 Å². The zero-order valence-corrected chi connectivity index (χ0v) is 13.8. The zero-order valence-electron chi connectivity index (χ0n) is 13.0. The van der Waals surface area contributed by atoms with E-state index in [1.807, 2.05) is 6.92 Å². The molecular weight excluding hydrogens is 315 g/mol. The first-order chi connectivity index (χ1) is 11.0. The second-order valence-corrected chi connectivity index (χ2v) is 6.54. The number of carbonyl (C=O) groups is 1. The second-order valence-electron chi connectivity index (χ2n) is 5.59. The van der Waals surface area contributed by atoms with Gasteiger partial charge < -0.3 is 16.2 Å². The number of nitrogens with two attached hydrogens (primary N) is 1. The van der Waals surface area contributed by atoms with Crippen molar-refractivity contribution in [2.24, 2.45) is 5.73 Å².